The molecular formula is C50H59ClN8O7S. The first-order valence-electron chi connectivity index (χ1n) is 23.1. The lowest BCUT2D eigenvalue weighted by Crippen LogP contribution is -2.52. The summed E-state index contributed by atoms with van der Waals surface area (Å²) in [4.78, 5) is 37.9. The average molecular weight is 952 g/mol. The predicted molar refractivity (Wildman–Crippen MR) is 262 cm³/mol. The summed E-state index contributed by atoms with van der Waals surface area (Å²) in [5, 5.41) is 21.0. The van der Waals surface area contributed by atoms with E-state index in [2.05, 4.69) is 61.1 Å². The van der Waals surface area contributed by atoms with Gasteiger partial charge in [0, 0.05) is 80.3 Å². The third-order valence-corrected chi connectivity index (χ3v) is 15.7. The fourth-order valence-electron chi connectivity index (χ4n) is 10.4. The molecule has 2 aromatic heterocycles. The molecule has 3 aliphatic heterocycles. The molecule has 15 nitrogen and oxygen atoms in total. The molecule has 354 valence electrons. The topological polar surface area (TPSA) is 184 Å². The summed E-state index contributed by atoms with van der Waals surface area (Å²) in [6.45, 7) is 14.6. The Labute approximate surface area is 396 Å². The number of carbonyl (C=O) groups excluding carboxylic acids is 1. The maximum Gasteiger partial charge on any atom is 0.293 e. The van der Waals surface area contributed by atoms with Gasteiger partial charge in [-0.25, -0.2) is 18.1 Å². The lowest BCUT2D eigenvalue weighted by Gasteiger charge is -2.45. The summed E-state index contributed by atoms with van der Waals surface area (Å²) in [5.41, 5.74) is 4.73. The number of hydrogen-bond donors (Lipinski definition) is 4. The first-order valence-corrected chi connectivity index (χ1v) is 25.0. The van der Waals surface area contributed by atoms with E-state index in [-0.39, 0.29) is 33.9 Å². The number of rotatable bonds is 13. The number of nitro benzene ring substituents is 1. The Balaban J connectivity index is 0.942. The zero-order valence-electron chi connectivity index (χ0n) is 38.5. The van der Waals surface area contributed by atoms with Crippen molar-refractivity contribution >= 4 is 61.2 Å². The Bertz CT molecular complexity index is 2810. The van der Waals surface area contributed by atoms with Crippen LogP contribution in [0.5, 0.6) is 11.5 Å². The number of ether oxygens (including phenoxy) is 2. The van der Waals surface area contributed by atoms with Crippen molar-refractivity contribution in [3.63, 3.8) is 0 Å². The molecule has 4 aliphatic rings. The molecule has 0 bridgehead atoms. The molecule has 5 aromatic rings. The monoisotopic (exact) mass is 950 g/mol. The SMILES string of the molecule is CC1(C)CCC(CN2CCN(c3ccc(C(=O)NS(=O)(=O)c4ccc(N[C@@]5(C6CCOC(C)(C)C6)CCNC5)c([N+](=O)[O-])c4)c(Oc4cnc5[nH]ccc5c4)c3)CC2)=C(c2ccc(Cl)cc2)C1. The van der Waals surface area contributed by atoms with E-state index in [0.717, 1.165) is 100.0 Å². The second-order valence-electron chi connectivity index (χ2n) is 19.9. The van der Waals surface area contributed by atoms with Gasteiger partial charge in [-0.2, -0.15) is 0 Å². The molecule has 3 aromatic carbocycles. The van der Waals surface area contributed by atoms with Gasteiger partial charge in [0.05, 0.1) is 32.7 Å². The van der Waals surface area contributed by atoms with Crippen molar-refractivity contribution < 1.29 is 27.6 Å². The number of nitrogens with zero attached hydrogens (tertiary/aromatic N) is 4. The van der Waals surface area contributed by atoms with Gasteiger partial charge in [-0.05, 0) is 130 Å². The number of aromatic nitrogens is 2. The molecule has 0 radical (unpaired) electrons. The minimum absolute atomic E-state index is 0.0372. The van der Waals surface area contributed by atoms with Crippen LogP contribution in [-0.4, -0.2) is 97.7 Å². The zero-order chi connectivity index (χ0) is 47.1. The first kappa shape index (κ1) is 46.6. The van der Waals surface area contributed by atoms with Crippen LogP contribution in [0, 0.1) is 21.4 Å². The standard InChI is InChI=1S/C50H59ClN8O7S/c1-48(2)16-13-35(42(29-48)33-5-7-37(51)8-6-33)31-57-20-22-58(23-21-57)38-9-11-41(45(26-38)66-39-25-34-14-18-53-46(34)54-30-39)47(60)56-67(63,64)40-10-12-43(44(27-40)59(61)62)55-50(17-19-52-32-50)36-15-24-65-49(3,4)28-36/h5-12,14,18,25-27,30,36,52,55H,13,15-17,19-24,28-29,31-32H2,1-4H3,(H,53,54)(H,56,60)/t36?,50-/m0/s1. The molecule has 3 fully saturated rings. The lowest BCUT2D eigenvalue weighted by molar-refractivity contribution is -0.384. The van der Waals surface area contributed by atoms with Gasteiger partial charge in [0.1, 0.15) is 22.8 Å². The molecule has 0 spiro atoms. The summed E-state index contributed by atoms with van der Waals surface area (Å²) in [5.74, 6) is -0.312. The minimum Gasteiger partial charge on any atom is -0.455 e. The normalized spacial score (nSPS) is 22.2. The number of allylic oxidation sites excluding steroid dienone is 1. The second-order valence-corrected chi connectivity index (χ2v) is 22.1. The van der Waals surface area contributed by atoms with E-state index < -0.39 is 37.0 Å². The van der Waals surface area contributed by atoms with Crippen LogP contribution in [0.1, 0.15) is 82.1 Å². The highest BCUT2D eigenvalue weighted by Crippen LogP contribution is 2.45. The number of benzene rings is 3. The highest BCUT2D eigenvalue weighted by atomic mass is 35.5. The molecule has 5 heterocycles. The van der Waals surface area contributed by atoms with Gasteiger partial charge in [-0.3, -0.25) is 19.8 Å². The Hall–Kier alpha value is -5.52. The van der Waals surface area contributed by atoms with Crippen LogP contribution in [0.2, 0.25) is 5.02 Å². The maximum atomic E-state index is 14.1. The van der Waals surface area contributed by atoms with Gasteiger partial charge in [-0.1, -0.05) is 43.2 Å². The summed E-state index contributed by atoms with van der Waals surface area (Å²) >= 11 is 6.26. The number of H-pyrrole nitrogens is 1. The number of hydrogen-bond acceptors (Lipinski definition) is 12. The number of anilines is 2. The van der Waals surface area contributed by atoms with Crippen molar-refractivity contribution in [2.24, 2.45) is 11.3 Å². The van der Waals surface area contributed by atoms with Crippen LogP contribution in [0.3, 0.4) is 0 Å². The number of sulfonamides is 1. The predicted octanol–water partition coefficient (Wildman–Crippen LogP) is 9.17. The molecule has 9 rings (SSSR count). The molecular weight excluding hydrogens is 892 g/mol. The van der Waals surface area contributed by atoms with Gasteiger partial charge < -0.3 is 30.0 Å². The van der Waals surface area contributed by atoms with Crippen molar-refractivity contribution in [1.82, 2.24) is 24.9 Å². The summed E-state index contributed by atoms with van der Waals surface area (Å²) in [6.07, 6.45) is 8.77. The van der Waals surface area contributed by atoms with Crippen molar-refractivity contribution in [2.75, 3.05) is 62.6 Å². The number of amides is 1. The maximum absolute atomic E-state index is 14.1. The minimum atomic E-state index is -4.61. The quantitative estimate of drug-likeness (QED) is 0.0650. The van der Waals surface area contributed by atoms with Gasteiger partial charge in [-0.15, -0.1) is 0 Å². The van der Waals surface area contributed by atoms with E-state index in [9.17, 15) is 23.3 Å². The van der Waals surface area contributed by atoms with Crippen molar-refractivity contribution in [3.05, 3.63) is 117 Å². The highest BCUT2D eigenvalue weighted by Gasteiger charge is 2.46. The Morgan fingerprint density at radius 2 is 1.81 bits per heavy atom. The van der Waals surface area contributed by atoms with Crippen LogP contribution >= 0.6 is 11.6 Å². The largest absolute Gasteiger partial charge is 0.455 e. The highest BCUT2D eigenvalue weighted by molar-refractivity contribution is 7.90. The van der Waals surface area contributed by atoms with Gasteiger partial charge in [0.15, 0.2) is 0 Å². The Morgan fingerprint density at radius 3 is 2.54 bits per heavy atom. The van der Waals surface area contributed by atoms with E-state index in [1.165, 1.54) is 35.0 Å². The Morgan fingerprint density at radius 1 is 1.01 bits per heavy atom. The third kappa shape index (κ3) is 10.3. The number of nitrogens with one attached hydrogen (secondary N) is 4. The number of fused-ring (bicyclic) bond motifs is 1. The lowest BCUT2D eigenvalue weighted by atomic mass is 9.72. The fraction of sp³-hybridized carbons (Fsp3) is 0.440. The molecule has 0 saturated carbocycles. The van der Waals surface area contributed by atoms with Crippen LogP contribution in [0.15, 0.2) is 95.7 Å². The average Bonchev–Trinajstić information content (AvgIpc) is 3.97. The smallest absolute Gasteiger partial charge is 0.293 e. The van der Waals surface area contributed by atoms with Gasteiger partial charge in [0.2, 0.25) is 0 Å². The van der Waals surface area contributed by atoms with Crippen LogP contribution in [0.25, 0.3) is 16.6 Å². The van der Waals surface area contributed by atoms with Crippen LogP contribution < -0.4 is 25.0 Å². The van der Waals surface area contributed by atoms with E-state index >= 15 is 0 Å². The van der Waals surface area contributed by atoms with Crippen LogP contribution in [0.4, 0.5) is 17.1 Å². The molecule has 2 atom stereocenters. The van der Waals surface area contributed by atoms with Crippen LogP contribution in [-0.2, 0) is 14.8 Å². The number of piperazine rings is 1. The molecule has 1 unspecified atom stereocenters. The number of halogens is 1. The van der Waals surface area contributed by atoms with Crippen molar-refractivity contribution in [3.8, 4) is 11.5 Å². The van der Waals surface area contributed by atoms with Crippen molar-refractivity contribution in [2.45, 2.75) is 82.3 Å². The van der Waals surface area contributed by atoms with E-state index in [1.807, 2.05) is 32.0 Å². The molecule has 3 saturated heterocycles. The number of carbonyl (C=O) groups is 1. The van der Waals surface area contributed by atoms with E-state index in [1.54, 1.807) is 30.5 Å². The number of pyridine rings is 1. The van der Waals surface area contributed by atoms with Gasteiger partial charge >= 0.3 is 0 Å². The van der Waals surface area contributed by atoms with E-state index in [0.29, 0.717) is 24.5 Å². The third-order valence-electron chi connectivity index (χ3n) is 14.1. The molecule has 4 N–H and O–H groups in total. The molecule has 1 amide bonds. The molecule has 67 heavy (non-hydrogen) atoms. The summed E-state index contributed by atoms with van der Waals surface area (Å²) in [6, 6.07) is 20.6. The second kappa shape index (κ2) is 18.5. The van der Waals surface area contributed by atoms with E-state index in [4.69, 9.17) is 21.1 Å². The summed E-state index contributed by atoms with van der Waals surface area (Å²) < 4.78 is 42.5. The number of nitro groups is 1. The van der Waals surface area contributed by atoms with Gasteiger partial charge in [0.25, 0.3) is 21.6 Å². The molecule has 1 aliphatic carbocycles. The molecule has 17 heteroatoms. The van der Waals surface area contributed by atoms with Crippen molar-refractivity contribution in [1.29, 1.82) is 0 Å². The summed E-state index contributed by atoms with van der Waals surface area (Å²) in [7, 11) is -4.61. The zero-order valence-corrected chi connectivity index (χ0v) is 40.1. The number of aromatic amines is 1. The Kier molecular flexibility index (Phi) is 12.9. The first-order chi connectivity index (χ1) is 31.9. The fourth-order valence-corrected chi connectivity index (χ4v) is 11.5.